The van der Waals surface area contributed by atoms with Crippen LogP contribution in [0.1, 0.15) is 54.9 Å². The van der Waals surface area contributed by atoms with Crippen molar-refractivity contribution in [3.8, 4) is 11.5 Å². The van der Waals surface area contributed by atoms with Crippen molar-refractivity contribution in [2.75, 3.05) is 24.9 Å². The van der Waals surface area contributed by atoms with E-state index in [0.29, 0.717) is 16.7 Å². The Morgan fingerprint density at radius 1 is 1.02 bits per heavy atom. The molecule has 5 atom stereocenters. The van der Waals surface area contributed by atoms with Gasteiger partial charge in [0.25, 0.3) is 11.8 Å². The zero-order chi connectivity index (χ0) is 40.9. The fourth-order valence-corrected chi connectivity index (χ4v) is 6.68. The Hall–Kier alpha value is -5.96. The second-order valence-corrected chi connectivity index (χ2v) is 14.1. The van der Waals surface area contributed by atoms with E-state index in [1.165, 1.54) is 56.8 Å². The molecule has 13 nitrogen and oxygen atoms in total. The number of nitrogens with one attached hydrogen (secondary N) is 2. The lowest BCUT2D eigenvalue weighted by atomic mass is 9.91. The number of ether oxygens (including phenoxy) is 4. The average molecular weight is 786 g/mol. The first-order valence-electron chi connectivity index (χ1n) is 17.6. The van der Waals surface area contributed by atoms with Crippen LogP contribution >= 0.6 is 11.3 Å². The van der Waals surface area contributed by atoms with Gasteiger partial charge in [0, 0.05) is 53.9 Å². The molecule has 0 saturated carbocycles. The minimum absolute atomic E-state index is 0.00183. The van der Waals surface area contributed by atoms with Crippen LogP contribution in [0.25, 0.3) is 12.2 Å². The summed E-state index contributed by atoms with van der Waals surface area (Å²) in [6, 6.07) is 13.2. The van der Waals surface area contributed by atoms with E-state index < -0.39 is 65.7 Å². The van der Waals surface area contributed by atoms with Crippen LogP contribution in [0.5, 0.6) is 11.5 Å². The van der Waals surface area contributed by atoms with Crippen LogP contribution in [0.3, 0.4) is 0 Å². The Morgan fingerprint density at radius 2 is 1.75 bits per heavy atom. The molecule has 3 amide bonds. The number of thiophene rings is 1. The van der Waals surface area contributed by atoms with E-state index in [2.05, 4.69) is 10.6 Å². The fourth-order valence-electron chi connectivity index (χ4n) is 6.07. The number of rotatable bonds is 8. The lowest BCUT2D eigenvalue weighted by Gasteiger charge is -2.31. The Balaban J connectivity index is 1.88. The van der Waals surface area contributed by atoms with Gasteiger partial charge in [-0.25, -0.2) is 9.59 Å². The first kappa shape index (κ1) is 42.8. The van der Waals surface area contributed by atoms with Gasteiger partial charge in [-0.3, -0.25) is 9.59 Å². The van der Waals surface area contributed by atoms with Crippen molar-refractivity contribution < 1.29 is 48.3 Å². The number of methoxy groups -OCH3 is 2. The zero-order valence-corrected chi connectivity index (χ0v) is 32.8. The fraction of sp³-hybridized carbons (Fsp3) is 0.286. The number of aromatic hydroxyl groups is 2. The van der Waals surface area contributed by atoms with Gasteiger partial charge >= 0.3 is 12.1 Å². The van der Waals surface area contributed by atoms with Gasteiger partial charge in [0.05, 0.1) is 17.5 Å². The standard InChI is InChI=1S/C42H47N3O10S/c1-24-20-30-36(45-41(50)28-13-8-7-9-14-28)32(46)23-31(37(30)48)44-40(49)25(2)12-10-16-33(52-5)38(55-42(43)51)26(3)22-27(4)39(34(21-24)53-6)54-35(47)18-17-29-15-11-19-56-29/h7-20,22-23,27,33-34,38-39,46,48H,21H2,1-6H3,(H2,43,51)(H,44,49)(H,45,50). The molecular formula is C42H47N3O10S. The summed E-state index contributed by atoms with van der Waals surface area (Å²) in [6.45, 7) is 6.80. The Morgan fingerprint density at radius 3 is 2.39 bits per heavy atom. The maximum Gasteiger partial charge on any atom is 0.405 e. The summed E-state index contributed by atoms with van der Waals surface area (Å²) in [5.41, 5.74) is 6.83. The molecule has 296 valence electrons. The molecule has 4 rings (SSSR count). The lowest BCUT2D eigenvalue weighted by molar-refractivity contribution is -0.153. The molecular weight excluding hydrogens is 739 g/mol. The minimum atomic E-state index is -1.04. The smallest absolute Gasteiger partial charge is 0.405 e. The number of benzene rings is 2. The number of allylic oxidation sites excluding steroid dienone is 2. The van der Waals surface area contributed by atoms with Crippen LogP contribution in [0.15, 0.2) is 101 Å². The second-order valence-electron chi connectivity index (χ2n) is 13.1. The van der Waals surface area contributed by atoms with E-state index in [-0.39, 0.29) is 28.9 Å². The maximum atomic E-state index is 13.3. The summed E-state index contributed by atoms with van der Waals surface area (Å²) >= 11 is 1.45. The molecule has 6 N–H and O–H groups in total. The van der Waals surface area contributed by atoms with Crippen molar-refractivity contribution in [2.24, 2.45) is 11.7 Å². The molecule has 0 aliphatic carbocycles. The first-order chi connectivity index (χ1) is 26.7. The van der Waals surface area contributed by atoms with Gasteiger partial charge in [0.2, 0.25) is 0 Å². The number of hydrogen-bond donors (Lipinski definition) is 5. The second kappa shape index (κ2) is 20.1. The third-order valence-corrected chi connectivity index (χ3v) is 9.75. The normalized spacial score (nSPS) is 21.0. The average Bonchev–Trinajstić information content (AvgIpc) is 3.70. The summed E-state index contributed by atoms with van der Waals surface area (Å²) in [4.78, 5) is 52.8. The van der Waals surface area contributed by atoms with Crippen LogP contribution in [0, 0.1) is 5.92 Å². The van der Waals surface area contributed by atoms with Gasteiger partial charge < -0.3 is 45.5 Å². The SMILES string of the molecule is COC1C=CC=C(C)C(=O)Nc2cc(O)c(NC(=O)c3ccccc3)c(c2O)C=C(C)CC(OC)C(OC(=O)C=Cc2cccs2)C(C)C=C(C)C1OC(N)=O. The number of anilines is 2. The quantitative estimate of drug-likeness (QED) is 0.0506. The van der Waals surface area contributed by atoms with E-state index in [4.69, 9.17) is 24.7 Å². The number of phenolic OH excluding ortho intramolecular Hbond substituents is 2. The number of phenols is 2. The molecule has 2 bridgehead atoms. The molecule has 0 fully saturated rings. The molecule has 2 heterocycles. The van der Waals surface area contributed by atoms with Gasteiger partial charge in [-0.05, 0) is 68.5 Å². The predicted octanol–water partition coefficient (Wildman–Crippen LogP) is 7.36. The molecule has 1 aliphatic heterocycles. The number of amides is 3. The third kappa shape index (κ3) is 11.5. The number of esters is 1. The summed E-state index contributed by atoms with van der Waals surface area (Å²) in [5, 5.41) is 30.1. The Kier molecular flexibility index (Phi) is 15.4. The van der Waals surface area contributed by atoms with Crippen LogP contribution in [0.4, 0.5) is 16.2 Å². The number of fused-ring (bicyclic) bond motifs is 2. The van der Waals surface area contributed by atoms with Gasteiger partial charge in [0.1, 0.15) is 23.7 Å². The summed E-state index contributed by atoms with van der Waals surface area (Å²) < 4.78 is 23.2. The van der Waals surface area contributed by atoms with Gasteiger partial charge in [-0.15, -0.1) is 11.3 Å². The first-order valence-corrected chi connectivity index (χ1v) is 18.5. The zero-order valence-electron chi connectivity index (χ0n) is 32.0. The Labute approximate surface area is 329 Å². The van der Waals surface area contributed by atoms with Crippen LogP contribution in [-0.4, -0.2) is 72.7 Å². The summed E-state index contributed by atoms with van der Waals surface area (Å²) in [5.74, 6) is -3.23. The van der Waals surface area contributed by atoms with Gasteiger partial charge in [-0.1, -0.05) is 61.1 Å². The molecule has 0 radical (unpaired) electrons. The largest absolute Gasteiger partial charge is 0.506 e. The topological polar surface area (TPSA) is 196 Å². The van der Waals surface area contributed by atoms with E-state index >= 15 is 0 Å². The highest BCUT2D eigenvalue weighted by molar-refractivity contribution is 7.10. The van der Waals surface area contributed by atoms with Crippen molar-refractivity contribution in [2.45, 2.75) is 58.5 Å². The maximum absolute atomic E-state index is 13.3. The molecule has 14 heteroatoms. The number of carbonyl (C=O) groups excluding carboxylic acids is 4. The van der Waals surface area contributed by atoms with Crippen LogP contribution < -0.4 is 16.4 Å². The molecule has 1 aliphatic rings. The molecule has 2 aromatic carbocycles. The van der Waals surface area contributed by atoms with Gasteiger partial charge in [0.15, 0.2) is 6.10 Å². The van der Waals surface area contributed by atoms with Crippen LogP contribution in [-0.2, 0) is 28.5 Å². The molecule has 1 aromatic heterocycles. The molecule has 0 saturated heterocycles. The third-order valence-electron chi connectivity index (χ3n) is 8.91. The number of carbonyl (C=O) groups is 4. The van der Waals surface area contributed by atoms with E-state index in [9.17, 15) is 29.4 Å². The highest BCUT2D eigenvalue weighted by atomic mass is 32.1. The van der Waals surface area contributed by atoms with Crippen molar-refractivity contribution in [3.63, 3.8) is 0 Å². The van der Waals surface area contributed by atoms with E-state index in [0.717, 1.165) is 10.9 Å². The summed E-state index contributed by atoms with van der Waals surface area (Å²) in [6.07, 6.45) is 6.35. The van der Waals surface area contributed by atoms with Crippen LogP contribution in [0.2, 0.25) is 0 Å². The highest BCUT2D eigenvalue weighted by Gasteiger charge is 2.32. The lowest BCUT2D eigenvalue weighted by Crippen LogP contribution is -2.39. The number of hydrogen-bond acceptors (Lipinski definition) is 11. The number of nitrogens with two attached hydrogens (primary N) is 1. The van der Waals surface area contributed by atoms with Crippen molar-refractivity contribution in [3.05, 3.63) is 117 Å². The Bertz CT molecular complexity index is 2040. The van der Waals surface area contributed by atoms with Crippen molar-refractivity contribution in [1.82, 2.24) is 0 Å². The predicted molar refractivity (Wildman–Crippen MR) is 216 cm³/mol. The molecule has 0 spiro atoms. The molecule has 5 unspecified atom stereocenters. The number of primary amides is 1. The molecule has 3 aromatic rings. The van der Waals surface area contributed by atoms with Crippen molar-refractivity contribution in [1.29, 1.82) is 0 Å². The van der Waals surface area contributed by atoms with Crippen molar-refractivity contribution >= 4 is 58.7 Å². The minimum Gasteiger partial charge on any atom is -0.506 e. The van der Waals surface area contributed by atoms with E-state index in [1.54, 1.807) is 62.4 Å². The highest BCUT2D eigenvalue weighted by Crippen LogP contribution is 2.43. The summed E-state index contributed by atoms with van der Waals surface area (Å²) in [7, 11) is 2.88. The van der Waals surface area contributed by atoms with E-state index in [1.807, 2.05) is 24.4 Å². The monoisotopic (exact) mass is 785 g/mol. The molecule has 56 heavy (non-hydrogen) atoms. The van der Waals surface area contributed by atoms with Gasteiger partial charge in [-0.2, -0.15) is 0 Å².